The zero-order chi connectivity index (χ0) is 10.8. The predicted molar refractivity (Wildman–Crippen MR) is 67.9 cm³/mol. The van der Waals surface area contributed by atoms with Gasteiger partial charge in [-0.2, -0.15) is 0 Å². The standard InChI is InChI=1S/C12H17BrN2/c1-14(2)7-8-15-6-5-10-3-4-11(13)9-12(10)15/h3-6,12H,7-9H2,1-2H3. The van der Waals surface area contributed by atoms with Crippen LogP contribution in [0.1, 0.15) is 6.42 Å². The minimum absolute atomic E-state index is 0.560. The van der Waals surface area contributed by atoms with Crippen LogP contribution < -0.4 is 0 Å². The van der Waals surface area contributed by atoms with Crippen LogP contribution in [0.2, 0.25) is 0 Å². The summed E-state index contributed by atoms with van der Waals surface area (Å²) in [6.45, 7) is 2.21. The van der Waals surface area contributed by atoms with E-state index in [1.165, 1.54) is 10.1 Å². The quantitative estimate of drug-likeness (QED) is 0.776. The summed E-state index contributed by atoms with van der Waals surface area (Å²) in [5, 5.41) is 0. The Morgan fingerprint density at radius 1 is 1.47 bits per heavy atom. The Balaban J connectivity index is 1.98. The van der Waals surface area contributed by atoms with E-state index in [9.17, 15) is 0 Å². The first-order valence-electron chi connectivity index (χ1n) is 5.32. The zero-order valence-corrected chi connectivity index (χ0v) is 10.9. The summed E-state index contributed by atoms with van der Waals surface area (Å²) in [5.41, 5.74) is 1.44. The maximum absolute atomic E-state index is 3.58. The average molecular weight is 269 g/mol. The van der Waals surface area contributed by atoms with Gasteiger partial charge < -0.3 is 9.80 Å². The van der Waals surface area contributed by atoms with Crippen LogP contribution in [0.4, 0.5) is 0 Å². The number of hydrogen-bond acceptors (Lipinski definition) is 2. The van der Waals surface area contributed by atoms with Crippen LogP contribution in [0.25, 0.3) is 0 Å². The lowest BCUT2D eigenvalue weighted by Gasteiger charge is -2.29. The third-order valence-corrected chi connectivity index (χ3v) is 3.48. The molecule has 0 N–H and O–H groups in total. The lowest BCUT2D eigenvalue weighted by Crippen LogP contribution is -2.34. The van der Waals surface area contributed by atoms with Crippen LogP contribution in [0.5, 0.6) is 0 Å². The molecule has 82 valence electrons. The van der Waals surface area contributed by atoms with Gasteiger partial charge in [-0.05, 0) is 30.2 Å². The first kappa shape index (κ1) is 11.0. The molecule has 0 amide bonds. The van der Waals surface area contributed by atoms with Crippen molar-refractivity contribution in [2.75, 3.05) is 27.2 Å². The van der Waals surface area contributed by atoms with E-state index in [1.807, 2.05) is 0 Å². The van der Waals surface area contributed by atoms with Crippen LogP contribution in [0.15, 0.2) is 34.5 Å². The van der Waals surface area contributed by atoms with Crippen molar-refractivity contribution >= 4 is 15.9 Å². The number of halogens is 1. The van der Waals surface area contributed by atoms with Crippen molar-refractivity contribution in [3.05, 3.63) is 34.5 Å². The molecule has 1 unspecified atom stereocenters. The third kappa shape index (κ3) is 2.52. The van der Waals surface area contributed by atoms with Crippen molar-refractivity contribution < 1.29 is 0 Å². The Bertz CT molecular complexity index is 329. The maximum Gasteiger partial charge on any atom is 0.0583 e. The van der Waals surface area contributed by atoms with Gasteiger partial charge in [-0.3, -0.25) is 0 Å². The first-order valence-corrected chi connectivity index (χ1v) is 6.11. The number of rotatable bonds is 3. The van der Waals surface area contributed by atoms with Gasteiger partial charge in [0, 0.05) is 25.7 Å². The molecule has 0 spiro atoms. The van der Waals surface area contributed by atoms with Crippen LogP contribution in [0, 0.1) is 0 Å². The molecule has 1 aliphatic carbocycles. The molecule has 1 atom stereocenters. The molecular formula is C12H17BrN2. The van der Waals surface area contributed by atoms with E-state index in [4.69, 9.17) is 0 Å². The molecule has 0 aromatic heterocycles. The second-order valence-corrected chi connectivity index (χ2v) is 5.38. The van der Waals surface area contributed by atoms with Gasteiger partial charge in [0.05, 0.1) is 6.04 Å². The fourth-order valence-electron chi connectivity index (χ4n) is 1.98. The summed E-state index contributed by atoms with van der Waals surface area (Å²) in [7, 11) is 4.24. The monoisotopic (exact) mass is 268 g/mol. The second-order valence-electron chi connectivity index (χ2n) is 4.36. The topological polar surface area (TPSA) is 6.48 Å². The number of fused-ring (bicyclic) bond motifs is 1. The highest BCUT2D eigenvalue weighted by Gasteiger charge is 2.25. The molecule has 2 aliphatic rings. The van der Waals surface area contributed by atoms with E-state index < -0.39 is 0 Å². The highest BCUT2D eigenvalue weighted by atomic mass is 79.9. The van der Waals surface area contributed by atoms with Crippen molar-refractivity contribution in [1.82, 2.24) is 9.80 Å². The van der Waals surface area contributed by atoms with Crippen LogP contribution in [-0.2, 0) is 0 Å². The van der Waals surface area contributed by atoms with Crippen LogP contribution >= 0.6 is 15.9 Å². The van der Waals surface area contributed by atoms with Crippen molar-refractivity contribution in [1.29, 1.82) is 0 Å². The van der Waals surface area contributed by atoms with Gasteiger partial charge in [0.15, 0.2) is 0 Å². The average Bonchev–Trinajstić information content (AvgIpc) is 2.57. The van der Waals surface area contributed by atoms with Gasteiger partial charge in [-0.1, -0.05) is 28.1 Å². The summed E-state index contributed by atoms with van der Waals surface area (Å²) in [6, 6.07) is 0.560. The molecule has 2 rings (SSSR count). The molecule has 0 saturated heterocycles. The molecular weight excluding hydrogens is 252 g/mol. The zero-order valence-electron chi connectivity index (χ0n) is 9.28. The van der Waals surface area contributed by atoms with E-state index in [-0.39, 0.29) is 0 Å². The summed E-state index contributed by atoms with van der Waals surface area (Å²) >= 11 is 3.58. The minimum Gasteiger partial charge on any atom is -0.369 e. The fraction of sp³-hybridized carbons (Fsp3) is 0.500. The lowest BCUT2D eigenvalue weighted by molar-refractivity contribution is 0.279. The van der Waals surface area contributed by atoms with E-state index in [0.29, 0.717) is 6.04 Å². The van der Waals surface area contributed by atoms with Gasteiger partial charge in [-0.25, -0.2) is 0 Å². The number of nitrogens with zero attached hydrogens (tertiary/aromatic N) is 2. The smallest absolute Gasteiger partial charge is 0.0583 e. The van der Waals surface area contributed by atoms with Gasteiger partial charge >= 0.3 is 0 Å². The molecule has 1 aliphatic heterocycles. The van der Waals surface area contributed by atoms with E-state index in [1.54, 1.807) is 0 Å². The lowest BCUT2D eigenvalue weighted by atomic mass is 10.0. The second kappa shape index (κ2) is 4.54. The Morgan fingerprint density at radius 3 is 3.00 bits per heavy atom. The van der Waals surface area contributed by atoms with Gasteiger partial charge in [0.2, 0.25) is 0 Å². The van der Waals surface area contributed by atoms with Gasteiger partial charge in [0.25, 0.3) is 0 Å². The molecule has 0 aromatic rings. The fourth-order valence-corrected chi connectivity index (χ4v) is 2.41. The Hall–Kier alpha value is -0.540. The molecule has 0 saturated carbocycles. The molecule has 1 heterocycles. The van der Waals surface area contributed by atoms with E-state index in [0.717, 1.165) is 19.5 Å². The maximum atomic E-state index is 3.58. The van der Waals surface area contributed by atoms with E-state index >= 15 is 0 Å². The van der Waals surface area contributed by atoms with Gasteiger partial charge in [0.1, 0.15) is 0 Å². The molecule has 0 fully saturated rings. The molecule has 0 bridgehead atoms. The highest BCUT2D eigenvalue weighted by molar-refractivity contribution is 9.11. The van der Waals surface area contributed by atoms with Crippen molar-refractivity contribution in [3.63, 3.8) is 0 Å². The van der Waals surface area contributed by atoms with E-state index in [2.05, 4.69) is 64.3 Å². The Labute approximate surface area is 100 Å². The Kier molecular flexibility index (Phi) is 3.32. The number of allylic oxidation sites excluding steroid dienone is 2. The summed E-state index contributed by atoms with van der Waals surface area (Å²) < 4.78 is 1.30. The normalized spacial score (nSPS) is 24.3. The first-order chi connectivity index (χ1) is 7.16. The van der Waals surface area contributed by atoms with Gasteiger partial charge in [-0.15, -0.1) is 0 Å². The van der Waals surface area contributed by atoms with Crippen molar-refractivity contribution in [2.45, 2.75) is 12.5 Å². The summed E-state index contributed by atoms with van der Waals surface area (Å²) in [5.74, 6) is 0. The summed E-state index contributed by atoms with van der Waals surface area (Å²) in [6.07, 6.45) is 9.93. The summed E-state index contributed by atoms with van der Waals surface area (Å²) in [4.78, 5) is 4.66. The molecule has 0 radical (unpaired) electrons. The van der Waals surface area contributed by atoms with Crippen molar-refractivity contribution in [3.8, 4) is 0 Å². The molecule has 15 heavy (non-hydrogen) atoms. The third-order valence-electron chi connectivity index (χ3n) is 2.89. The van der Waals surface area contributed by atoms with Crippen LogP contribution in [-0.4, -0.2) is 43.0 Å². The molecule has 2 nitrogen and oxygen atoms in total. The largest absolute Gasteiger partial charge is 0.369 e. The highest BCUT2D eigenvalue weighted by Crippen LogP contribution is 2.31. The van der Waals surface area contributed by atoms with Crippen LogP contribution in [0.3, 0.4) is 0 Å². The minimum atomic E-state index is 0.560. The number of likely N-dealkylation sites (N-methyl/N-ethyl adjacent to an activating group) is 1. The van der Waals surface area contributed by atoms with Crippen molar-refractivity contribution in [2.24, 2.45) is 0 Å². The SMILES string of the molecule is CN(C)CCN1C=CC2=CC=C(Br)CC21. The Morgan fingerprint density at radius 2 is 2.27 bits per heavy atom. The predicted octanol–water partition coefficient (Wildman–Crippen LogP) is 2.35. The molecule has 0 aromatic carbocycles. The molecule has 3 heteroatoms. The number of hydrogen-bond donors (Lipinski definition) is 0.